The van der Waals surface area contributed by atoms with Gasteiger partial charge in [-0.2, -0.15) is 0 Å². The maximum absolute atomic E-state index is 12.2. The van der Waals surface area contributed by atoms with Gasteiger partial charge in [0, 0.05) is 17.2 Å². The van der Waals surface area contributed by atoms with Crippen molar-refractivity contribution in [3.05, 3.63) is 74.8 Å². The zero-order valence-corrected chi connectivity index (χ0v) is 12.8. The summed E-state index contributed by atoms with van der Waals surface area (Å²) in [7, 11) is 0. The lowest BCUT2D eigenvalue weighted by Gasteiger charge is -2.14. The molecule has 0 unspecified atom stereocenters. The molecule has 0 fully saturated rings. The van der Waals surface area contributed by atoms with Gasteiger partial charge in [0.05, 0.1) is 11.0 Å². The molecule has 0 saturated heterocycles. The summed E-state index contributed by atoms with van der Waals surface area (Å²) in [6.45, 7) is 5.53. The second-order valence-electron chi connectivity index (χ2n) is 5.36. The average Bonchev–Trinajstić information content (AvgIpc) is 2.47. The van der Waals surface area contributed by atoms with Crippen LogP contribution in [0.4, 0.5) is 5.69 Å². The van der Waals surface area contributed by atoms with Crippen LogP contribution >= 0.6 is 0 Å². The van der Waals surface area contributed by atoms with Gasteiger partial charge < -0.3 is 5.32 Å². The molecule has 0 aliphatic rings. The Morgan fingerprint density at radius 1 is 1.14 bits per heavy atom. The quantitative estimate of drug-likeness (QED) is 0.691. The molecule has 2 aromatic rings. The van der Waals surface area contributed by atoms with E-state index in [2.05, 4.69) is 5.32 Å². The fourth-order valence-electron chi connectivity index (χ4n) is 2.17. The van der Waals surface area contributed by atoms with Crippen LogP contribution < -0.4 is 5.32 Å². The minimum atomic E-state index is -0.477. The summed E-state index contributed by atoms with van der Waals surface area (Å²) in [6, 6.07) is 12.2. The molecule has 0 spiro atoms. The number of nitro benzene ring substituents is 1. The van der Waals surface area contributed by atoms with Crippen molar-refractivity contribution in [1.82, 2.24) is 5.32 Å². The van der Waals surface area contributed by atoms with Gasteiger partial charge >= 0.3 is 0 Å². The average molecular weight is 298 g/mol. The molecule has 0 aromatic heterocycles. The number of nitrogens with zero attached hydrogens (tertiary/aromatic N) is 1. The predicted molar refractivity (Wildman–Crippen MR) is 84.9 cm³/mol. The van der Waals surface area contributed by atoms with E-state index in [1.165, 1.54) is 6.07 Å². The highest BCUT2D eigenvalue weighted by molar-refractivity contribution is 5.95. The van der Waals surface area contributed by atoms with E-state index in [0.29, 0.717) is 5.56 Å². The van der Waals surface area contributed by atoms with E-state index in [9.17, 15) is 14.9 Å². The molecule has 2 rings (SSSR count). The molecule has 2 aromatic carbocycles. The Morgan fingerprint density at radius 3 is 2.36 bits per heavy atom. The van der Waals surface area contributed by atoms with Gasteiger partial charge in [-0.1, -0.05) is 35.9 Å². The van der Waals surface area contributed by atoms with E-state index >= 15 is 0 Å². The van der Waals surface area contributed by atoms with Gasteiger partial charge in [0.2, 0.25) is 0 Å². The molecule has 0 radical (unpaired) electrons. The van der Waals surface area contributed by atoms with E-state index in [1.54, 1.807) is 19.1 Å². The lowest BCUT2D eigenvalue weighted by atomic mass is 10.1. The maximum Gasteiger partial charge on any atom is 0.273 e. The van der Waals surface area contributed by atoms with Gasteiger partial charge in [0.1, 0.15) is 0 Å². The van der Waals surface area contributed by atoms with Gasteiger partial charge in [-0.25, -0.2) is 0 Å². The Kier molecular flexibility index (Phi) is 4.56. The highest BCUT2D eigenvalue weighted by atomic mass is 16.6. The number of carbonyl (C=O) groups is 1. The van der Waals surface area contributed by atoms with Gasteiger partial charge in [0.25, 0.3) is 11.6 Å². The Bertz CT molecular complexity index is 708. The maximum atomic E-state index is 12.2. The fourth-order valence-corrected chi connectivity index (χ4v) is 2.17. The third kappa shape index (κ3) is 3.49. The smallest absolute Gasteiger partial charge is 0.273 e. The summed E-state index contributed by atoms with van der Waals surface area (Å²) in [5.74, 6) is -0.323. The van der Waals surface area contributed by atoms with E-state index in [4.69, 9.17) is 0 Å². The first-order chi connectivity index (χ1) is 10.4. The summed E-state index contributed by atoms with van der Waals surface area (Å²) >= 11 is 0. The first-order valence-electron chi connectivity index (χ1n) is 7.01. The van der Waals surface area contributed by atoms with E-state index in [-0.39, 0.29) is 23.2 Å². The summed E-state index contributed by atoms with van der Waals surface area (Å²) < 4.78 is 0. The number of benzene rings is 2. The number of rotatable bonds is 4. The van der Waals surface area contributed by atoms with Crippen molar-refractivity contribution in [2.45, 2.75) is 26.8 Å². The lowest BCUT2D eigenvalue weighted by molar-refractivity contribution is -0.385. The van der Waals surface area contributed by atoms with Crippen LogP contribution in [-0.4, -0.2) is 10.8 Å². The SMILES string of the molecule is Cc1ccc([C@@H](C)NC(=O)c2ccc(C)c([N+](=O)[O-])c2)cc1. The number of carbonyl (C=O) groups excluding carboxylic acids is 1. The van der Waals surface area contributed by atoms with Crippen molar-refractivity contribution in [1.29, 1.82) is 0 Å². The highest BCUT2D eigenvalue weighted by Gasteiger charge is 2.16. The molecule has 1 atom stereocenters. The molecule has 1 N–H and O–H groups in total. The van der Waals surface area contributed by atoms with E-state index in [1.807, 2.05) is 38.1 Å². The van der Waals surface area contributed by atoms with E-state index < -0.39 is 4.92 Å². The minimum absolute atomic E-state index is 0.0457. The Morgan fingerprint density at radius 2 is 1.77 bits per heavy atom. The highest BCUT2D eigenvalue weighted by Crippen LogP contribution is 2.20. The van der Waals surface area contributed by atoms with Crippen LogP contribution in [0.3, 0.4) is 0 Å². The third-order valence-corrected chi connectivity index (χ3v) is 3.59. The molecule has 114 valence electrons. The molecule has 1 amide bonds. The summed E-state index contributed by atoms with van der Waals surface area (Å²) in [6.07, 6.45) is 0. The molecule has 5 heteroatoms. The Labute approximate surface area is 129 Å². The van der Waals surface area contributed by atoms with Crippen LogP contribution in [0.25, 0.3) is 0 Å². The molecular weight excluding hydrogens is 280 g/mol. The fraction of sp³-hybridized carbons (Fsp3) is 0.235. The summed E-state index contributed by atoms with van der Waals surface area (Å²) in [5, 5.41) is 13.8. The van der Waals surface area contributed by atoms with Crippen molar-refractivity contribution >= 4 is 11.6 Å². The van der Waals surface area contributed by atoms with Crippen LogP contribution in [-0.2, 0) is 0 Å². The van der Waals surface area contributed by atoms with Gasteiger partial charge in [0.15, 0.2) is 0 Å². The largest absolute Gasteiger partial charge is 0.346 e. The van der Waals surface area contributed by atoms with Crippen LogP contribution in [0.15, 0.2) is 42.5 Å². The molecule has 22 heavy (non-hydrogen) atoms. The molecule has 5 nitrogen and oxygen atoms in total. The van der Waals surface area contributed by atoms with Crippen LogP contribution in [0, 0.1) is 24.0 Å². The van der Waals surface area contributed by atoms with Crippen molar-refractivity contribution in [2.24, 2.45) is 0 Å². The van der Waals surface area contributed by atoms with Gasteiger partial charge in [-0.3, -0.25) is 14.9 Å². The van der Waals surface area contributed by atoms with Crippen molar-refractivity contribution in [3.8, 4) is 0 Å². The van der Waals surface area contributed by atoms with E-state index in [0.717, 1.165) is 11.1 Å². The molecule has 0 heterocycles. The topological polar surface area (TPSA) is 72.2 Å². The second kappa shape index (κ2) is 6.39. The second-order valence-corrected chi connectivity index (χ2v) is 5.36. The number of nitrogens with one attached hydrogen (secondary N) is 1. The first kappa shape index (κ1) is 15.7. The van der Waals surface area contributed by atoms with Crippen LogP contribution in [0.2, 0.25) is 0 Å². The van der Waals surface area contributed by atoms with Crippen molar-refractivity contribution < 1.29 is 9.72 Å². The minimum Gasteiger partial charge on any atom is -0.346 e. The predicted octanol–water partition coefficient (Wildman–Crippen LogP) is 3.70. The Hall–Kier alpha value is -2.69. The Balaban J connectivity index is 2.16. The number of hydrogen-bond donors (Lipinski definition) is 1. The number of hydrogen-bond acceptors (Lipinski definition) is 3. The number of nitro groups is 1. The normalized spacial score (nSPS) is 11.8. The zero-order chi connectivity index (χ0) is 16.3. The summed E-state index contributed by atoms with van der Waals surface area (Å²) in [4.78, 5) is 22.7. The van der Waals surface area contributed by atoms with Gasteiger partial charge in [-0.15, -0.1) is 0 Å². The monoisotopic (exact) mass is 298 g/mol. The zero-order valence-electron chi connectivity index (χ0n) is 12.8. The van der Waals surface area contributed by atoms with Gasteiger partial charge in [-0.05, 0) is 32.4 Å². The lowest BCUT2D eigenvalue weighted by Crippen LogP contribution is -2.26. The molecule has 0 aliphatic heterocycles. The molecule has 0 aliphatic carbocycles. The van der Waals surface area contributed by atoms with Crippen LogP contribution in [0.1, 0.15) is 40.0 Å². The first-order valence-corrected chi connectivity index (χ1v) is 7.01. The number of amides is 1. The number of aryl methyl sites for hydroxylation is 2. The van der Waals surface area contributed by atoms with Crippen molar-refractivity contribution in [3.63, 3.8) is 0 Å². The van der Waals surface area contributed by atoms with Crippen LogP contribution in [0.5, 0.6) is 0 Å². The third-order valence-electron chi connectivity index (χ3n) is 3.59. The molecule has 0 saturated carbocycles. The molecular formula is C17H18N2O3. The summed E-state index contributed by atoms with van der Waals surface area (Å²) in [5.41, 5.74) is 2.91. The van der Waals surface area contributed by atoms with Crippen molar-refractivity contribution in [2.75, 3.05) is 0 Å². The molecule has 0 bridgehead atoms. The standard InChI is InChI=1S/C17H18N2O3/c1-11-4-7-14(8-5-11)13(3)18-17(20)15-9-6-12(2)16(10-15)19(21)22/h4-10,13H,1-3H3,(H,18,20)/t13-/m1/s1.